The second-order valence-electron chi connectivity index (χ2n) is 11.5. The van der Waals surface area contributed by atoms with Crippen LogP contribution in [0.3, 0.4) is 0 Å². The summed E-state index contributed by atoms with van der Waals surface area (Å²) in [4.78, 5) is 39.9. The number of fused-ring (bicyclic) bond motifs is 1. The third kappa shape index (κ3) is 5.47. The van der Waals surface area contributed by atoms with Gasteiger partial charge in [0.25, 0.3) is 5.91 Å². The zero-order valence-electron chi connectivity index (χ0n) is 21.2. The number of imide groups is 1. The van der Waals surface area contributed by atoms with Crippen LogP contribution in [-0.4, -0.2) is 45.7 Å². The molecule has 2 saturated heterocycles. The molecule has 1 aromatic rings. The van der Waals surface area contributed by atoms with Crippen molar-refractivity contribution in [3.8, 4) is 0 Å². The Morgan fingerprint density at radius 3 is 2.30 bits per heavy atom. The second-order valence-corrected chi connectivity index (χ2v) is 12.7. The van der Waals surface area contributed by atoms with Crippen LogP contribution >= 0.6 is 11.8 Å². The van der Waals surface area contributed by atoms with Crippen LogP contribution in [0, 0.1) is 11.3 Å². The summed E-state index contributed by atoms with van der Waals surface area (Å²) < 4.78 is 0. The lowest BCUT2D eigenvalue weighted by molar-refractivity contribution is -0.129. The average Bonchev–Trinajstić information content (AvgIpc) is 3.27. The monoisotopic (exact) mass is 472 g/mol. The highest BCUT2D eigenvalue weighted by Gasteiger charge is 2.50. The quantitative estimate of drug-likeness (QED) is 0.383. The molecule has 33 heavy (non-hydrogen) atoms. The molecule has 0 spiro atoms. The molecule has 2 heterocycles. The van der Waals surface area contributed by atoms with Gasteiger partial charge in [-0.2, -0.15) is 11.8 Å². The van der Waals surface area contributed by atoms with E-state index in [1.165, 1.54) is 4.90 Å². The minimum atomic E-state index is -0.283. The lowest BCUT2D eigenvalue weighted by Crippen LogP contribution is -2.41. The highest BCUT2D eigenvalue weighted by Crippen LogP contribution is 2.38. The number of carbonyl (C=O) groups excluding carboxylic acids is 3. The average molecular weight is 473 g/mol. The van der Waals surface area contributed by atoms with Gasteiger partial charge in [-0.15, -0.1) is 0 Å². The van der Waals surface area contributed by atoms with Crippen LogP contribution in [-0.2, 0) is 10.2 Å². The molecule has 182 valence electrons. The van der Waals surface area contributed by atoms with Gasteiger partial charge in [-0.3, -0.25) is 14.5 Å². The summed E-state index contributed by atoms with van der Waals surface area (Å²) in [5, 5.41) is 3.35. The fourth-order valence-electron chi connectivity index (χ4n) is 4.50. The Labute approximate surface area is 203 Å². The summed E-state index contributed by atoms with van der Waals surface area (Å²) in [6.45, 7) is 14.7. The summed E-state index contributed by atoms with van der Waals surface area (Å²) in [5.74, 6) is 1.21. The third-order valence-corrected chi connectivity index (χ3v) is 9.15. The molecule has 6 heteroatoms. The van der Waals surface area contributed by atoms with Crippen LogP contribution < -0.4 is 5.32 Å². The van der Waals surface area contributed by atoms with E-state index in [0.29, 0.717) is 23.7 Å². The minimum absolute atomic E-state index is 0.0110. The number of hydrogen-bond acceptors (Lipinski definition) is 4. The first kappa shape index (κ1) is 25.8. The Morgan fingerprint density at radius 1 is 1.09 bits per heavy atom. The van der Waals surface area contributed by atoms with Gasteiger partial charge in [0.05, 0.1) is 12.1 Å². The van der Waals surface area contributed by atoms with Gasteiger partial charge in [-0.25, -0.2) is 4.79 Å². The van der Waals surface area contributed by atoms with E-state index >= 15 is 0 Å². The molecule has 0 unspecified atom stereocenters. The van der Waals surface area contributed by atoms with E-state index in [-0.39, 0.29) is 40.1 Å². The predicted molar refractivity (Wildman–Crippen MR) is 136 cm³/mol. The van der Waals surface area contributed by atoms with Crippen molar-refractivity contribution in [1.29, 1.82) is 0 Å². The summed E-state index contributed by atoms with van der Waals surface area (Å²) >= 11 is 1.83. The van der Waals surface area contributed by atoms with E-state index < -0.39 is 0 Å². The van der Waals surface area contributed by atoms with Crippen molar-refractivity contribution in [1.82, 2.24) is 10.2 Å². The van der Waals surface area contributed by atoms with Gasteiger partial charge in [-0.1, -0.05) is 67.0 Å². The molecule has 2 fully saturated rings. The first-order valence-electron chi connectivity index (χ1n) is 12.2. The lowest BCUT2D eigenvalue weighted by Gasteiger charge is -2.27. The van der Waals surface area contributed by atoms with Crippen molar-refractivity contribution >= 4 is 29.5 Å². The molecule has 3 rings (SSSR count). The molecule has 1 N–H and O–H groups in total. The molecular weight excluding hydrogens is 432 g/mol. The Morgan fingerprint density at radius 2 is 1.73 bits per heavy atom. The number of carbonyl (C=O) groups is 3. The van der Waals surface area contributed by atoms with E-state index in [4.69, 9.17) is 0 Å². The van der Waals surface area contributed by atoms with Crippen molar-refractivity contribution in [2.75, 3.05) is 5.75 Å². The largest absolute Gasteiger partial charge is 0.332 e. The maximum atomic E-state index is 13.2. The number of thioether (sulfide) groups is 1. The van der Waals surface area contributed by atoms with E-state index in [1.54, 1.807) is 0 Å². The number of Topliss-reactive ketones (excluding diaryl/α,β-unsaturated/α-hetero) is 1. The molecule has 0 aliphatic carbocycles. The van der Waals surface area contributed by atoms with Gasteiger partial charge in [0.15, 0.2) is 0 Å². The number of nitrogens with zero attached hydrogens (tertiary/aromatic N) is 1. The first-order chi connectivity index (χ1) is 15.3. The summed E-state index contributed by atoms with van der Waals surface area (Å²) in [5.41, 5.74) is 1.45. The number of unbranched alkanes of at least 4 members (excludes halogenated alkanes) is 1. The predicted octanol–water partition coefficient (Wildman–Crippen LogP) is 5.81. The van der Waals surface area contributed by atoms with Crippen molar-refractivity contribution in [2.24, 2.45) is 11.3 Å². The van der Waals surface area contributed by atoms with E-state index in [1.807, 2.05) is 49.9 Å². The Kier molecular flexibility index (Phi) is 7.67. The molecule has 5 nitrogen and oxygen atoms in total. The van der Waals surface area contributed by atoms with Crippen LogP contribution in [0.1, 0.15) is 90.1 Å². The summed E-state index contributed by atoms with van der Waals surface area (Å²) in [6.07, 6.45) is 3.39. The van der Waals surface area contributed by atoms with Crippen molar-refractivity contribution in [3.05, 3.63) is 35.4 Å². The zero-order valence-corrected chi connectivity index (χ0v) is 22.1. The van der Waals surface area contributed by atoms with Gasteiger partial charge in [0.2, 0.25) is 0 Å². The van der Waals surface area contributed by atoms with E-state index in [2.05, 4.69) is 39.9 Å². The van der Waals surface area contributed by atoms with Crippen molar-refractivity contribution in [2.45, 2.75) is 96.9 Å². The number of urea groups is 1. The molecule has 0 radical (unpaired) electrons. The van der Waals surface area contributed by atoms with Crippen molar-refractivity contribution < 1.29 is 14.4 Å². The number of amides is 3. The first-order valence-corrected chi connectivity index (χ1v) is 13.3. The molecule has 2 aliphatic heterocycles. The number of hydrogen-bond donors (Lipinski definition) is 1. The molecule has 1 aromatic carbocycles. The fourth-order valence-corrected chi connectivity index (χ4v) is 6.09. The number of benzene rings is 1. The molecule has 2 aliphatic rings. The van der Waals surface area contributed by atoms with Gasteiger partial charge >= 0.3 is 6.03 Å². The summed E-state index contributed by atoms with van der Waals surface area (Å²) in [6, 6.07) is 7.22. The Bertz CT molecular complexity index is 886. The second kappa shape index (κ2) is 9.81. The number of nitrogens with one attached hydrogen (secondary N) is 1. The molecule has 3 atom stereocenters. The smallest absolute Gasteiger partial charge is 0.325 e. The van der Waals surface area contributed by atoms with Gasteiger partial charge in [0, 0.05) is 28.4 Å². The van der Waals surface area contributed by atoms with Crippen LogP contribution in [0.25, 0.3) is 0 Å². The van der Waals surface area contributed by atoms with Crippen LogP contribution in [0.15, 0.2) is 24.3 Å². The maximum absolute atomic E-state index is 13.2. The highest BCUT2D eigenvalue weighted by atomic mass is 32.2. The standard InChI is InChI=1S/C27H40N2O3S/c1-17(2)27(6,7)22(30)11-9-8-10-21-23-20(16-33-21)29(25(32)28-23)24(31)18-12-14-19(15-13-18)26(3,4)5/h12-15,17,20-21,23H,8-11,16H2,1-7H3,(H,28,32)/t20-,21-,23-/m0/s1. The molecule has 0 saturated carbocycles. The Balaban J connectivity index is 1.56. The number of rotatable bonds is 8. The number of ketones is 1. The molecule has 0 bridgehead atoms. The molecule has 3 amide bonds. The minimum Gasteiger partial charge on any atom is -0.332 e. The Hall–Kier alpha value is -1.82. The summed E-state index contributed by atoms with van der Waals surface area (Å²) in [7, 11) is 0. The zero-order chi connectivity index (χ0) is 24.6. The topological polar surface area (TPSA) is 66.5 Å². The van der Waals surface area contributed by atoms with Crippen LogP contribution in [0.5, 0.6) is 0 Å². The van der Waals surface area contributed by atoms with Crippen molar-refractivity contribution in [3.63, 3.8) is 0 Å². The van der Waals surface area contributed by atoms with Gasteiger partial charge < -0.3 is 5.32 Å². The van der Waals surface area contributed by atoms with Gasteiger partial charge in [-0.05, 0) is 41.9 Å². The lowest BCUT2D eigenvalue weighted by atomic mass is 9.76. The maximum Gasteiger partial charge on any atom is 0.325 e. The van der Waals surface area contributed by atoms with Gasteiger partial charge in [0.1, 0.15) is 5.78 Å². The normalized spacial score (nSPS) is 23.1. The SMILES string of the molecule is CC(C)C(C)(C)C(=O)CCCC[C@@H]1SC[C@H]2[C@@H]1NC(=O)N2C(=O)c1ccc(C(C)(C)C)cc1. The highest BCUT2D eigenvalue weighted by molar-refractivity contribution is 8.00. The fraction of sp³-hybridized carbons (Fsp3) is 0.667. The molecular formula is C27H40N2O3S. The molecule has 0 aromatic heterocycles. The van der Waals surface area contributed by atoms with E-state index in [9.17, 15) is 14.4 Å². The van der Waals surface area contributed by atoms with E-state index in [0.717, 1.165) is 30.6 Å². The van der Waals surface area contributed by atoms with Crippen LogP contribution in [0.2, 0.25) is 0 Å². The third-order valence-electron chi connectivity index (χ3n) is 7.66. The van der Waals surface area contributed by atoms with Crippen LogP contribution in [0.4, 0.5) is 4.79 Å².